The van der Waals surface area contributed by atoms with Gasteiger partial charge >= 0.3 is 0 Å². The maximum Gasteiger partial charge on any atom is 0.179 e. The molecule has 1 aromatic rings. The number of halogens is 1. The van der Waals surface area contributed by atoms with Crippen molar-refractivity contribution in [2.75, 3.05) is 20.8 Å². The van der Waals surface area contributed by atoms with Gasteiger partial charge in [0.2, 0.25) is 0 Å². The molecule has 118 valence electrons. The molecule has 1 N–H and O–H groups in total. The van der Waals surface area contributed by atoms with E-state index >= 15 is 0 Å². The summed E-state index contributed by atoms with van der Waals surface area (Å²) < 4.78 is 10.6. The Bertz CT molecular complexity index is 479. The minimum Gasteiger partial charge on any atom is -0.493 e. The molecule has 1 aromatic carbocycles. The molecule has 1 aliphatic rings. The second-order valence-electron chi connectivity index (χ2n) is 5.59. The van der Waals surface area contributed by atoms with Crippen molar-refractivity contribution >= 4 is 11.6 Å². The molecule has 0 bridgehead atoms. The van der Waals surface area contributed by atoms with Crippen LogP contribution in [0.5, 0.6) is 11.5 Å². The molecular formula is C16H24ClNO3. The summed E-state index contributed by atoms with van der Waals surface area (Å²) in [4.78, 5) is 2.33. The van der Waals surface area contributed by atoms with Crippen molar-refractivity contribution in [3.05, 3.63) is 22.7 Å². The zero-order chi connectivity index (χ0) is 15.4. The Hall–Kier alpha value is -0.970. The average molecular weight is 314 g/mol. The fourth-order valence-corrected chi connectivity index (χ4v) is 3.37. The summed E-state index contributed by atoms with van der Waals surface area (Å²) in [6.07, 6.45) is 3.07. The number of aliphatic hydroxyl groups is 1. The molecule has 2 rings (SSSR count). The van der Waals surface area contributed by atoms with Gasteiger partial charge in [0.05, 0.1) is 25.3 Å². The van der Waals surface area contributed by atoms with E-state index in [1.165, 1.54) is 12.8 Å². The SMILES string of the molecule is COc1cc(CN2CCCCC2C(C)O)cc(Cl)c1OC. The molecule has 1 fully saturated rings. The number of likely N-dealkylation sites (tertiary alicyclic amines) is 1. The Morgan fingerprint density at radius 2 is 2.10 bits per heavy atom. The average Bonchev–Trinajstić information content (AvgIpc) is 2.47. The van der Waals surface area contributed by atoms with Crippen molar-refractivity contribution in [2.24, 2.45) is 0 Å². The van der Waals surface area contributed by atoms with Gasteiger partial charge in [-0.3, -0.25) is 4.90 Å². The minimum absolute atomic E-state index is 0.214. The lowest BCUT2D eigenvalue weighted by Gasteiger charge is -2.37. The number of aliphatic hydroxyl groups excluding tert-OH is 1. The Morgan fingerprint density at radius 1 is 1.33 bits per heavy atom. The molecule has 1 aliphatic heterocycles. The molecule has 0 aliphatic carbocycles. The van der Waals surface area contributed by atoms with Crippen LogP contribution in [0.3, 0.4) is 0 Å². The second kappa shape index (κ2) is 7.34. The molecule has 0 amide bonds. The predicted octanol–water partition coefficient (Wildman–Crippen LogP) is 3.09. The van der Waals surface area contributed by atoms with Crippen LogP contribution in [0.1, 0.15) is 31.7 Å². The van der Waals surface area contributed by atoms with Crippen molar-refractivity contribution in [3.63, 3.8) is 0 Å². The Morgan fingerprint density at radius 3 is 2.71 bits per heavy atom. The van der Waals surface area contributed by atoms with E-state index in [1.807, 2.05) is 19.1 Å². The zero-order valence-electron chi connectivity index (χ0n) is 12.9. The van der Waals surface area contributed by atoms with Crippen LogP contribution >= 0.6 is 11.6 Å². The fourth-order valence-electron chi connectivity index (χ4n) is 3.06. The van der Waals surface area contributed by atoms with E-state index in [2.05, 4.69) is 4.90 Å². The van der Waals surface area contributed by atoms with Gasteiger partial charge in [0.25, 0.3) is 0 Å². The molecule has 2 unspecified atom stereocenters. The normalized spacial score (nSPS) is 21.1. The number of piperidine rings is 1. The zero-order valence-corrected chi connectivity index (χ0v) is 13.7. The van der Waals surface area contributed by atoms with E-state index in [1.54, 1.807) is 14.2 Å². The lowest BCUT2D eigenvalue weighted by Crippen LogP contribution is -2.45. The Labute approximate surface area is 131 Å². The van der Waals surface area contributed by atoms with Crippen molar-refractivity contribution in [3.8, 4) is 11.5 Å². The lowest BCUT2D eigenvalue weighted by molar-refractivity contribution is 0.0316. The van der Waals surface area contributed by atoms with E-state index in [-0.39, 0.29) is 12.1 Å². The van der Waals surface area contributed by atoms with Gasteiger partial charge in [-0.15, -0.1) is 0 Å². The van der Waals surface area contributed by atoms with Crippen LogP contribution in [0.25, 0.3) is 0 Å². The van der Waals surface area contributed by atoms with Crippen LogP contribution in [0, 0.1) is 0 Å². The van der Waals surface area contributed by atoms with Gasteiger partial charge in [0.1, 0.15) is 0 Å². The molecular weight excluding hydrogens is 290 g/mol. The number of hydrogen-bond donors (Lipinski definition) is 1. The van der Waals surface area contributed by atoms with Gasteiger partial charge in [-0.25, -0.2) is 0 Å². The summed E-state index contributed by atoms with van der Waals surface area (Å²) in [5.41, 5.74) is 1.07. The van der Waals surface area contributed by atoms with Crippen LogP contribution in [-0.4, -0.2) is 42.9 Å². The molecule has 0 aromatic heterocycles. The number of benzene rings is 1. The van der Waals surface area contributed by atoms with Crippen molar-refractivity contribution < 1.29 is 14.6 Å². The standard InChI is InChI=1S/C16H24ClNO3/c1-11(19)14-6-4-5-7-18(14)10-12-8-13(17)16(21-3)15(9-12)20-2/h8-9,11,14,19H,4-7,10H2,1-3H3. The van der Waals surface area contributed by atoms with Gasteiger partial charge in [-0.1, -0.05) is 18.0 Å². The van der Waals surface area contributed by atoms with Crippen LogP contribution in [0.4, 0.5) is 0 Å². The van der Waals surface area contributed by atoms with E-state index in [9.17, 15) is 5.11 Å². The van der Waals surface area contributed by atoms with Crippen LogP contribution in [0.15, 0.2) is 12.1 Å². The van der Waals surface area contributed by atoms with Gasteiger partial charge in [-0.2, -0.15) is 0 Å². The quantitative estimate of drug-likeness (QED) is 0.907. The van der Waals surface area contributed by atoms with Crippen LogP contribution in [0.2, 0.25) is 5.02 Å². The van der Waals surface area contributed by atoms with Gasteiger partial charge in [0.15, 0.2) is 11.5 Å². The minimum atomic E-state index is -0.319. The molecule has 5 heteroatoms. The first-order valence-corrected chi connectivity index (χ1v) is 7.77. The molecule has 1 saturated heterocycles. The molecule has 4 nitrogen and oxygen atoms in total. The van der Waals surface area contributed by atoms with Gasteiger partial charge in [-0.05, 0) is 44.0 Å². The summed E-state index contributed by atoms with van der Waals surface area (Å²) in [6, 6.07) is 4.08. The first kappa shape index (κ1) is 16.4. The molecule has 1 heterocycles. The highest BCUT2D eigenvalue weighted by Gasteiger charge is 2.26. The Balaban J connectivity index is 2.20. The highest BCUT2D eigenvalue weighted by molar-refractivity contribution is 6.32. The van der Waals surface area contributed by atoms with E-state index in [0.29, 0.717) is 16.5 Å². The fraction of sp³-hybridized carbons (Fsp3) is 0.625. The molecule has 0 saturated carbocycles. The van der Waals surface area contributed by atoms with Gasteiger partial charge < -0.3 is 14.6 Å². The van der Waals surface area contributed by atoms with E-state index in [4.69, 9.17) is 21.1 Å². The van der Waals surface area contributed by atoms with Crippen molar-refractivity contribution in [1.29, 1.82) is 0 Å². The third-order valence-electron chi connectivity index (χ3n) is 4.10. The summed E-state index contributed by atoms with van der Waals surface area (Å²) in [5, 5.41) is 10.5. The molecule has 21 heavy (non-hydrogen) atoms. The third-order valence-corrected chi connectivity index (χ3v) is 4.38. The first-order chi connectivity index (χ1) is 10.1. The van der Waals surface area contributed by atoms with E-state index < -0.39 is 0 Å². The molecule has 2 atom stereocenters. The number of methoxy groups -OCH3 is 2. The maximum absolute atomic E-state index is 9.95. The first-order valence-electron chi connectivity index (χ1n) is 7.39. The predicted molar refractivity (Wildman–Crippen MR) is 84.3 cm³/mol. The lowest BCUT2D eigenvalue weighted by atomic mass is 9.97. The number of rotatable bonds is 5. The van der Waals surface area contributed by atoms with Crippen molar-refractivity contribution in [2.45, 2.75) is 44.9 Å². The monoisotopic (exact) mass is 313 g/mol. The second-order valence-corrected chi connectivity index (χ2v) is 5.99. The molecule has 0 spiro atoms. The topological polar surface area (TPSA) is 41.9 Å². The maximum atomic E-state index is 9.95. The molecule has 0 radical (unpaired) electrons. The highest BCUT2D eigenvalue weighted by Crippen LogP contribution is 2.36. The van der Waals surface area contributed by atoms with Crippen LogP contribution < -0.4 is 9.47 Å². The van der Waals surface area contributed by atoms with Crippen molar-refractivity contribution in [1.82, 2.24) is 4.90 Å². The summed E-state index contributed by atoms with van der Waals surface area (Å²) in [7, 11) is 3.19. The largest absolute Gasteiger partial charge is 0.493 e. The summed E-state index contributed by atoms with van der Waals surface area (Å²) >= 11 is 6.26. The smallest absolute Gasteiger partial charge is 0.179 e. The number of ether oxygens (including phenoxy) is 2. The summed E-state index contributed by atoms with van der Waals surface area (Å²) in [5.74, 6) is 1.21. The third kappa shape index (κ3) is 3.82. The van der Waals surface area contributed by atoms with Gasteiger partial charge in [0, 0.05) is 12.6 Å². The highest BCUT2D eigenvalue weighted by atomic mass is 35.5. The number of nitrogens with zero attached hydrogens (tertiary/aromatic N) is 1. The van der Waals surface area contributed by atoms with Crippen LogP contribution in [-0.2, 0) is 6.54 Å². The Kier molecular flexibility index (Phi) is 5.73. The number of hydrogen-bond acceptors (Lipinski definition) is 4. The summed E-state index contributed by atoms with van der Waals surface area (Å²) in [6.45, 7) is 3.63. The van der Waals surface area contributed by atoms with E-state index in [0.717, 1.165) is 25.1 Å².